The molecule has 1 aromatic rings. The molecule has 0 radical (unpaired) electrons. The quantitative estimate of drug-likeness (QED) is 0.519. The predicted molar refractivity (Wildman–Crippen MR) is 90.1 cm³/mol. The molecule has 1 atom stereocenters. The molecular weight excluding hydrogens is 330 g/mol. The van der Waals surface area contributed by atoms with Gasteiger partial charge in [0.15, 0.2) is 0 Å². The summed E-state index contributed by atoms with van der Waals surface area (Å²) in [5.41, 5.74) is 9.39. The van der Waals surface area contributed by atoms with Gasteiger partial charge in [-0.15, -0.1) is 23.2 Å². The van der Waals surface area contributed by atoms with E-state index in [9.17, 15) is 4.57 Å². The Morgan fingerprint density at radius 3 is 2.57 bits per heavy atom. The second-order valence-corrected chi connectivity index (χ2v) is 5.97. The molecule has 2 N–H and O–H groups in total. The van der Waals surface area contributed by atoms with E-state index in [0.717, 1.165) is 24.3 Å². The van der Waals surface area contributed by atoms with Crippen molar-refractivity contribution in [2.24, 2.45) is 5.73 Å². The van der Waals surface area contributed by atoms with Crippen LogP contribution in [-0.4, -0.2) is 37.5 Å². The maximum absolute atomic E-state index is 10.3. The number of rotatable bonds is 10. The van der Waals surface area contributed by atoms with Gasteiger partial charge in [-0.1, -0.05) is 6.07 Å². The summed E-state index contributed by atoms with van der Waals surface area (Å²) in [5.74, 6) is 1.10. The zero-order valence-electron chi connectivity index (χ0n) is 12.1. The molecule has 21 heavy (non-hydrogen) atoms. The molecule has 118 valence electrons. The summed E-state index contributed by atoms with van der Waals surface area (Å²) in [7, 11) is -0.334. The average molecular weight is 351 g/mol. The third-order valence-corrected chi connectivity index (χ3v) is 3.82. The topological polar surface area (TPSA) is 55.6 Å². The van der Waals surface area contributed by atoms with Gasteiger partial charge < -0.3 is 10.6 Å². The molecule has 0 spiro atoms. The maximum Gasteiger partial charge on any atom is 0.327 e. The molecule has 0 aromatic heterocycles. The highest BCUT2D eigenvalue weighted by atomic mass is 35.5. The van der Waals surface area contributed by atoms with Gasteiger partial charge in [0.25, 0.3) is 0 Å². The van der Waals surface area contributed by atoms with Gasteiger partial charge in [-0.05, 0) is 36.6 Å². The number of nitrogens with zero attached hydrogens (tertiary/aromatic N) is 1. The number of anilines is 1. The Balaban J connectivity index is 2.84. The summed E-state index contributed by atoms with van der Waals surface area (Å²) in [6.07, 6.45) is 0.671. The summed E-state index contributed by atoms with van der Waals surface area (Å²) in [6.45, 7) is 3.82. The van der Waals surface area contributed by atoms with Gasteiger partial charge in [0.05, 0.1) is 6.61 Å². The zero-order chi connectivity index (χ0) is 15.7. The standard InChI is InChI=1S/C14H21Cl2N2O2P/c1-11-2-3-14(18(6-4-15)7-5-16)9-12(11)8-13(17)10-20-21-19/h2-3,9,13H,4-8,10,17H2,1H3/t13-/m1/s1. The van der Waals surface area contributed by atoms with Crippen LogP contribution in [0.1, 0.15) is 11.1 Å². The fourth-order valence-electron chi connectivity index (χ4n) is 2.12. The Labute approximate surface area is 137 Å². The first kappa shape index (κ1) is 18.7. The highest BCUT2D eigenvalue weighted by molar-refractivity contribution is 7.17. The van der Waals surface area contributed by atoms with Crippen molar-refractivity contribution < 1.29 is 9.09 Å². The Bertz CT molecular complexity index is 443. The number of benzene rings is 1. The molecule has 7 heteroatoms. The van der Waals surface area contributed by atoms with Gasteiger partial charge in [-0.3, -0.25) is 4.52 Å². The van der Waals surface area contributed by atoms with E-state index in [2.05, 4.69) is 23.1 Å². The van der Waals surface area contributed by atoms with Crippen molar-refractivity contribution in [3.8, 4) is 0 Å². The van der Waals surface area contributed by atoms with E-state index in [0.29, 0.717) is 18.2 Å². The predicted octanol–water partition coefficient (Wildman–Crippen LogP) is 3.37. The van der Waals surface area contributed by atoms with Gasteiger partial charge in [-0.25, -0.2) is 4.57 Å². The molecule has 1 aromatic carbocycles. The first-order chi connectivity index (χ1) is 10.1. The largest absolute Gasteiger partial charge is 0.369 e. The molecule has 0 aliphatic carbocycles. The SMILES string of the molecule is Cc1ccc(N(CCCl)CCCl)cc1C[C@@H](N)COP=O. The second-order valence-electron chi connectivity index (χ2n) is 4.81. The van der Waals surface area contributed by atoms with Crippen LogP contribution in [0.15, 0.2) is 18.2 Å². The molecule has 1 rings (SSSR count). The normalized spacial score (nSPS) is 12.6. The van der Waals surface area contributed by atoms with E-state index in [-0.39, 0.29) is 21.3 Å². The van der Waals surface area contributed by atoms with Crippen molar-refractivity contribution in [3.05, 3.63) is 29.3 Å². The van der Waals surface area contributed by atoms with Crippen molar-refractivity contribution in [3.63, 3.8) is 0 Å². The van der Waals surface area contributed by atoms with Crippen LogP contribution in [-0.2, 0) is 15.5 Å². The zero-order valence-corrected chi connectivity index (χ0v) is 14.5. The maximum atomic E-state index is 10.3. The summed E-state index contributed by atoms with van der Waals surface area (Å²) < 4.78 is 15.1. The number of hydrogen-bond donors (Lipinski definition) is 1. The number of alkyl halides is 2. The van der Waals surface area contributed by atoms with Crippen molar-refractivity contribution in [1.82, 2.24) is 0 Å². The molecule has 0 heterocycles. The first-order valence-corrected chi connectivity index (χ1v) is 8.59. The molecule has 4 nitrogen and oxygen atoms in total. The number of halogens is 2. The van der Waals surface area contributed by atoms with Crippen LogP contribution in [0, 0.1) is 6.92 Å². The van der Waals surface area contributed by atoms with Gasteiger partial charge in [0.1, 0.15) is 0 Å². The van der Waals surface area contributed by atoms with Crippen molar-refractivity contribution >= 4 is 37.6 Å². The Morgan fingerprint density at radius 2 is 2.00 bits per heavy atom. The van der Waals surface area contributed by atoms with Crippen LogP contribution >= 0.6 is 31.9 Å². The lowest BCUT2D eigenvalue weighted by atomic mass is 10.0. The minimum atomic E-state index is -0.334. The summed E-state index contributed by atoms with van der Waals surface area (Å²) in [4.78, 5) is 2.15. The van der Waals surface area contributed by atoms with Gasteiger partial charge in [-0.2, -0.15) is 0 Å². The van der Waals surface area contributed by atoms with Crippen LogP contribution < -0.4 is 10.6 Å². The molecule has 0 amide bonds. The molecule has 0 fully saturated rings. The van der Waals surface area contributed by atoms with Crippen molar-refractivity contribution in [2.75, 3.05) is 36.4 Å². The molecule has 0 aliphatic heterocycles. The third kappa shape index (κ3) is 6.50. The van der Waals surface area contributed by atoms with Gasteiger partial charge >= 0.3 is 8.69 Å². The van der Waals surface area contributed by atoms with E-state index in [1.54, 1.807) is 0 Å². The minimum Gasteiger partial charge on any atom is -0.369 e. The molecule has 0 saturated heterocycles. The van der Waals surface area contributed by atoms with Crippen LogP contribution in [0.25, 0.3) is 0 Å². The fraction of sp³-hybridized carbons (Fsp3) is 0.571. The van der Waals surface area contributed by atoms with E-state index < -0.39 is 0 Å². The number of hydrogen-bond acceptors (Lipinski definition) is 4. The van der Waals surface area contributed by atoms with Gasteiger partial charge in [0.2, 0.25) is 0 Å². The van der Waals surface area contributed by atoms with E-state index in [1.165, 1.54) is 5.56 Å². The summed E-state index contributed by atoms with van der Waals surface area (Å²) in [6, 6.07) is 6.06. The summed E-state index contributed by atoms with van der Waals surface area (Å²) >= 11 is 11.7. The highest BCUT2D eigenvalue weighted by Gasteiger charge is 2.11. The molecule has 0 unspecified atom stereocenters. The van der Waals surface area contributed by atoms with Crippen LogP contribution in [0.5, 0.6) is 0 Å². The number of nitrogens with two attached hydrogens (primary N) is 1. The summed E-state index contributed by atoms with van der Waals surface area (Å²) in [5, 5.41) is 0. The van der Waals surface area contributed by atoms with Crippen LogP contribution in [0.4, 0.5) is 5.69 Å². The lowest BCUT2D eigenvalue weighted by Crippen LogP contribution is -2.29. The third-order valence-electron chi connectivity index (χ3n) is 3.23. The smallest absolute Gasteiger partial charge is 0.327 e. The Morgan fingerprint density at radius 1 is 1.33 bits per heavy atom. The monoisotopic (exact) mass is 350 g/mol. The lowest BCUT2D eigenvalue weighted by molar-refractivity contribution is 0.310. The van der Waals surface area contributed by atoms with Crippen LogP contribution in [0.2, 0.25) is 0 Å². The first-order valence-electron chi connectivity index (χ1n) is 6.79. The molecule has 0 aliphatic rings. The Hall–Kier alpha value is -0.380. The second kappa shape index (κ2) is 10.4. The highest BCUT2D eigenvalue weighted by Crippen LogP contribution is 2.21. The fourth-order valence-corrected chi connectivity index (χ4v) is 2.78. The minimum absolute atomic E-state index is 0.185. The van der Waals surface area contributed by atoms with Crippen molar-refractivity contribution in [2.45, 2.75) is 19.4 Å². The number of aryl methyl sites for hydroxylation is 1. The lowest BCUT2D eigenvalue weighted by Gasteiger charge is -2.24. The molecular formula is C14H21Cl2N2O2P. The Kier molecular flexibility index (Phi) is 9.21. The van der Waals surface area contributed by atoms with E-state index in [4.69, 9.17) is 33.5 Å². The average Bonchev–Trinajstić information content (AvgIpc) is 2.47. The van der Waals surface area contributed by atoms with E-state index in [1.807, 2.05) is 6.92 Å². The van der Waals surface area contributed by atoms with Gasteiger partial charge in [0, 0.05) is 36.6 Å². The molecule has 0 bridgehead atoms. The molecule has 0 saturated carbocycles. The van der Waals surface area contributed by atoms with E-state index >= 15 is 0 Å². The van der Waals surface area contributed by atoms with Crippen LogP contribution in [0.3, 0.4) is 0 Å². The van der Waals surface area contributed by atoms with Crippen molar-refractivity contribution in [1.29, 1.82) is 0 Å².